The molecule has 1 amide bonds. The summed E-state index contributed by atoms with van der Waals surface area (Å²) >= 11 is 0. The minimum absolute atomic E-state index is 0.113. The number of ether oxygens (including phenoxy) is 1. The molecule has 0 spiro atoms. The Balaban J connectivity index is 1.72. The molecule has 7 nitrogen and oxygen atoms in total. The number of hydrogen-bond acceptors (Lipinski definition) is 4. The van der Waals surface area contributed by atoms with Crippen molar-refractivity contribution in [3.05, 3.63) is 60.7 Å². The van der Waals surface area contributed by atoms with E-state index in [1.54, 1.807) is 30.4 Å². The molecule has 0 radical (unpaired) electrons. The van der Waals surface area contributed by atoms with Gasteiger partial charge in [-0.2, -0.15) is 5.10 Å². The van der Waals surface area contributed by atoms with Gasteiger partial charge in [0.15, 0.2) is 0 Å². The number of nitrogens with zero attached hydrogens (tertiary/aromatic N) is 4. The van der Waals surface area contributed by atoms with E-state index in [0.717, 1.165) is 17.1 Å². The number of aromatic nitrogens is 4. The fourth-order valence-corrected chi connectivity index (χ4v) is 2.77. The van der Waals surface area contributed by atoms with E-state index in [1.165, 1.54) is 0 Å². The molecule has 3 aromatic rings. The average Bonchev–Trinajstić information content (AvgIpc) is 3.24. The third-order valence-corrected chi connectivity index (χ3v) is 3.95. The number of imidazole rings is 1. The lowest BCUT2D eigenvalue weighted by Gasteiger charge is -2.19. The van der Waals surface area contributed by atoms with Crippen LogP contribution in [-0.4, -0.2) is 39.0 Å². The molecule has 0 aliphatic carbocycles. The van der Waals surface area contributed by atoms with Gasteiger partial charge >= 0.3 is 0 Å². The Morgan fingerprint density at radius 2 is 2.04 bits per heavy atom. The van der Waals surface area contributed by atoms with Crippen LogP contribution in [0.2, 0.25) is 0 Å². The lowest BCUT2D eigenvalue weighted by Crippen LogP contribution is -2.35. The molecule has 0 fully saturated rings. The monoisotopic (exact) mass is 339 g/mol. The number of nitrogens with one attached hydrogen (secondary N) is 1. The minimum atomic E-state index is -0.256. The SMILES string of the molecule is COCC(NC(=O)Cn1ccnc1-c1ccccc1)c1ccnn1C. The Morgan fingerprint density at radius 3 is 2.72 bits per heavy atom. The fourth-order valence-electron chi connectivity index (χ4n) is 2.77. The second-order valence-electron chi connectivity index (χ2n) is 5.70. The summed E-state index contributed by atoms with van der Waals surface area (Å²) in [4.78, 5) is 16.9. The van der Waals surface area contributed by atoms with Crippen LogP contribution in [0.1, 0.15) is 11.7 Å². The highest BCUT2D eigenvalue weighted by molar-refractivity contribution is 5.77. The van der Waals surface area contributed by atoms with Gasteiger partial charge in [0.1, 0.15) is 12.4 Å². The largest absolute Gasteiger partial charge is 0.382 e. The number of carbonyl (C=O) groups excluding carboxylic acids is 1. The van der Waals surface area contributed by atoms with Crippen LogP contribution in [0.15, 0.2) is 55.0 Å². The predicted octanol–water partition coefficient (Wildman–Crippen LogP) is 1.79. The minimum Gasteiger partial charge on any atom is -0.382 e. The van der Waals surface area contributed by atoms with Crippen molar-refractivity contribution in [1.82, 2.24) is 24.6 Å². The maximum atomic E-state index is 12.5. The normalized spacial score (nSPS) is 12.1. The van der Waals surface area contributed by atoms with Gasteiger partial charge in [0.25, 0.3) is 0 Å². The number of benzene rings is 1. The first-order valence-electron chi connectivity index (χ1n) is 8.02. The Kier molecular flexibility index (Phi) is 5.25. The molecule has 2 aromatic heterocycles. The van der Waals surface area contributed by atoms with E-state index < -0.39 is 0 Å². The molecule has 1 aromatic carbocycles. The van der Waals surface area contributed by atoms with Crippen LogP contribution in [0.25, 0.3) is 11.4 Å². The molecule has 3 rings (SSSR count). The second kappa shape index (κ2) is 7.76. The van der Waals surface area contributed by atoms with E-state index in [4.69, 9.17) is 4.74 Å². The number of methoxy groups -OCH3 is 1. The van der Waals surface area contributed by atoms with E-state index in [0.29, 0.717) is 6.61 Å². The molecule has 1 N–H and O–H groups in total. The van der Waals surface area contributed by atoms with Gasteiger partial charge in [-0.25, -0.2) is 4.98 Å². The molecule has 0 aliphatic rings. The van der Waals surface area contributed by atoms with Gasteiger partial charge in [0.05, 0.1) is 18.3 Å². The Bertz CT molecular complexity index is 825. The highest BCUT2D eigenvalue weighted by atomic mass is 16.5. The molecule has 130 valence electrons. The third-order valence-electron chi connectivity index (χ3n) is 3.95. The van der Waals surface area contributed by atoms with Gasteiger partial charge in [-0.3, -0.25) is 9.48 Å². The lowest BCUT2D eigenvalue weighted by molar-refractivity contribution is -0.122. The molecule has 25 heavy (non-hydrogen) atoms. The summed E-state index contributed by atoms with van der Waals surface area (Å²) in [6, 6.07) is 11.4. The topological polar surface area (TPSA) is 74.0 Å². The quantitative estimate of drug-likeness (QED) is 0.712. The molecular formula is C18H21N5O2. The first-order chi connectivity index (χ1) is 12.2. The standard InChI is InChI=1S/C18H21N5O2/c1-22-16(8-9-20-22)15(13-25-2)21-17(24)12-23-11-10-19-18(23)14-6-4-3-5-7-14/h3-11,15H,12-13H2,1-2H3,(H,21,24). The summed E-state index contributed by atoms with van der Waals surface area (Å²) in [5, 5.41) is 7.16. The fraction of sp³-hybridized carbons (Fsp3) is 0.278. The summed E-state index contributed by atoms with van der Waals surface area (Å²) in [6.45, 7) is 0.559. The van der Waals surface area contributed by atoms with Crippen molar-refractivity contribution in [1.29, 1.82) is 0 Å². The average molecular weight is 339 g/mol. The highest BCUT2D eigenvalue weighted by Crippen LogP contribution is 2.17. The first kappa shape index (κ1) is 16.9. The van der Waals surface area contributed by atoms with Crippen molar-refractivity contribution >= 4 is 5.91 Å². The third kappa shape index (κ3) is 3.95. The van der Waals surface area contributed by atoms with Gasteiger partial charge in [-0.05, 0) is 6.07 Å². The molecule has 0 saturated heterocycles. The maximum absolute atomic E-state index is 12.5. The van der Waals surface area contributed by atoms with Crippen LogP contribution < -0.4 is 5.32 Å². The molecule has 2 heterocycles. The Hall–Kier alpha value is -2.93. The van der Waals surface area contributed by atoms with Crippen molar-refractivity contribution < 1.29 is 9.53 Å². The highest BCUT2D eigenvalue weighted by Gasteiger charge is 2.18. The summed E-state index contributed by atoms with van der Waals surface area (Å²) < 4.78 is 8.80. The number of aryl methyl sites for hydroxylation is 1. The van der Waals surface area contributed by atoms with E-state index in [-0.39, 0.29) is 18.5 Å². The van der Waals surface area contributed by atoms with Crippen molar-refractivity contribution in [2.45, 2.75) is 12.6 Å². The zero-order valence-electron chi connectivity index (χ0n) is 14.3. The van der Waals surface area contributed by atoms with Crippen LogP contribution in [-0.2, 0) is 23.1 Å². The van der Waals surface area contributed by atoms with Gasteiger partial charge in [0.2, 0.25) is 5.91 Å². The zero-order chi connectivity index (χ0) is 17.6. The number of hydrogen-bond donors (Lipinski definition) is 1. The molecule has 1 unspecified atom stereocenters. The smallest absolute Gasteiger partial charge is 0.240 e. The van der Waals surface area contributed by atoms with Gasteiger partial charge in [-0.1, -0.05) is 30.3 Å². The summed E-state index contributed by atoms with van der Waals surface area (Å²) in [7, 11) is 3.45. The molecule has 0 aliphatic heterocycles. The number of carbonyl (C=O) groups is 1. The predicted molar refractivity (Wildman–Crippen MR) is 93.6 cm³/mol. The Labute approximate surface area is 146 Å². The summed E-state index contributed by atoms with van der Waals surface area (Å²) in [5.41, 5.74) is 1.87. The van der Waals surface area contributed by atoms with Crippen molar-refractivity contribution in [2.24, 2.45) is 7.05 Å². The van der Waals surface area contributed by atoms with Gasteiger partial charge in [0, 0.05) is 38.3 Å². The number of rotatable bonds is 7. The molecular weight excluding hydrogens is 318 g/mol. The van der Waals surface area contributed by atoms with Gasteiger partial charge < -0.3 is 14.6 Å². The van der Waals surface area contributed by atoms with Crippen LogP contribution in [0.3, 0.4) is 0 Å². The number of amides is 1. The molecule has 1 atom stereocenters. The maximum Gasteiger partial charge on any atom is 0.240 e. The van der Waals surface area contributed by atoms with Gasteiger partial charge in [-0.15, -0.1) is 0 Å². The first-order valence-corrected chi connectivity index (χ1v) is 8.02. The van der Waals surface area contributed by atoms with Crippen molar-refractivity contribution in [3.8, 4) is 11.4 Å². The van der Waals surface area contributed by atoms with E-state index in [1.807, 2.05) is 48.0 Å². The summed E-state index contributed by atoms with van der Waals surface area (Å²) in [6.07, 6.45) is 5.20. The van der Waals surface area contributed by atoms with E-state index in [2.05, 4.69) is 15.4 Å². The lowest BCUT2D eigenvalue weighted by atomic mass is 10.2. The molecule has 0 bridgehead atoms. The van der Waals surface area contributed by atoms with Crippen LogP contribution in [0.5, 0.6) is 0 Å². The Morgan fingerprint density at radius 1 is 1.24 bits per heavy atom. The summed E-state index contributed by atoms with van der Waals surface area (Å²) in [5.74, 6) is 0.651. The molecule has 7 heteroatoms. The van der Waals surface area contributed by atoms with E-state index in [9.17, 15) is 4.79 Å². The van der Waals surface area contributed by atoms with Crippen LogP contribution in [0, 0.1) is 0 Å². The van der Waals surface area contributed by atoms with Crippen molar-refractivity contribution in [3.63, 3.8) is 0 Å². The zero-order valence-corrected chi connectivity index (χ0v) is 14.3. The van der Waals surface area contributed by atoms with E-state index >= 15 is 0 Å². The molecule has 0 saturated carbocycles. The second-order valence-corrected chi connectivity index (χ2v) is 5.70. The van der Waals surface area contributed by atoms with Crippen LogP contribution >= 0.6 is 0 Å². The van der Waals surface area contributed by atoms with Crippen LogP contribution in [0.4, 0.5) is 0 Å². The van der Waals surface area contributed by atoms with Crippen molar-refractivity contribution in [2.75, 3.05) is 13.7 Å².